The number of para-hydroxylation sites is 1. The van der Waals surface area contributed by atoms with Crippen molar-refractivity contribution in [3.8, 4) is 6.07 Å². The highest BCUT2D eigenvalue weighted by Crippen LogP contribution is 2.51. The molecular formula is C20H15BrFN3O3S. The highest BCUT2D eigenvalue weighted by Gasteiger charge is 2.47. The minimum Gasteiger partial charge on any atom is -0.439 e. The van der Waals surface area contributed by atoms with Crippen LogP contribution >= 0.6 is 15.9 Å². The maximum Gasteiger partial charge on any atom is 0.265 e. The lowest BCUT2D eigenvalue weighted by molar-refractivity contribution is 0.357. The molecule has 0 bridgehead atoms. The van der Waals surface area contributed by atoms with Crippen molar-refractivity contribution < 1.29 is 17.5 Å². The molecule has 0 aromatic heterocycles. The van der Waals surface area contributed by atoms with Crippen LogP contribution in [0.25, 0.3) is 5.76 Å². The molecule has 148 valence electrons. The third-order valence-corrected chi connectivity index (χ3v) is 7.42. The monoisotopic (exact) mass is 475 g/mol. The Balaban J connectivity index is 2.11. The maximum atomic E-state index is 14.8. The summed E-state index contributed by atoms with van der Waals surface area (Å²) in [4.78, 5) is -0.194. The first-order chi connectivity index (χ1) is 13.8. The summed E-state index contributed by atoms with van der Waals surface area (Å²) < 4.78 is 49.4. The molecule has 0 fully saturated rings. The van der Waals surface area contributed by atoms with Crippen molar-refractivity contribution in [2.24, 2.45) is 5.73 Å². The van der Waals surface area contributed by atoms with E-state index < -0.39 is 21.8 Å². The highest BCUT2D eigenvalue weighted by molar-refractivity contribution is 9.10. The Morgan fingerprint density at radius 3 is 2.72 bits per heavy atom. The minimum atomic E-state index is -4.12. The van der Waals surface area contributed by atoms with E-state index >= 15 is 0 Å². The van der Waals surface area contributed by atoms with Gasteiger partial charge in [0.15, 0.2) is 5.76 Å². The van der Waals surface area contributed by atoms with E-state index in [0.29, 0.717) is 15.7 Å². The van der Waals surface area contributed by atoms with Gasteiger partial charge in [0.25, 0.3) is 10.0 Å². The number of nitriles is 1. The quantitative estimate of drug-likeness (QED) is 0.709. The minimum absolute atomic E-state index is 0.0196. The van der Waals surface area contributed by atoms with Gasteiger partial charge in [0, 0.05) is 22.1 Å². The van der Waals surface area contributed by atoms with Crippen LogP contribution in [0.3, 0.4) is 0 Å². The number of allylic oxidation sites excluding steroid dienone is 2. The van der Waals surface area contributed by atoms with Crippen LogP contribution in [0, 0.1) is 17.1 Å². The Hall–Kier alpha value is -2.83. The third-order valence-electron chi connectivity index (χ3n) is 4.91. The van der Waals surface area contributed by atoms with Crippen molar-refractivity contribution in [1.29, 1.82) is 5.26 Å². The largest absolute Gasteiger partial charge is 0.439 e. The fourth-order valence-electron chi connectivity index (χ4n) is 3.70. The number of ether oxygens (including phenoxy) is 1. The second-order valence-corrected chi connectivity index (χ2v) is 9.22. The molecule has 0 amide bonds. The standard InChI is InChI=1S/C20H15BrFN3O3S/c1-2-25-16-6-4-3-5-12(16)18-19(29(25,26)27)17(14(10-23)20(24)28-18)13-9-11(21)7-8-15(13)22/h3-9,17H,2,24H2,1H3/t17-/m1/s1. The van der Waals surface area contributed by atoms with Crippen LogP contribution in [0.1, 0.15) is 24.0 Å². The molecule has 1 atom stereocenters. The normalized spacial score (nSPS) is 19.9. The molecule has 0 radical (unpaired) electrons. The molecule has 2 aliphatic rings. The van der Waals surface area contributed by atoms with E-state index in [1.165, 1.54) is 22.5 Å². The number of hydrogen-bond donors (Lipinski definition) is 1. The first kappa shape index (κ1) is 19.5. The fourth-order valence-corrected chi connectivity index (χ4v) is 6.00. The van der Waals surface area contributed by atoms with Gasteiger partial charge in [-0.15, -0.1) is 0 Å². The summed E-state index contributed by atoms with van der Waals surface area (Å²) in [6.45, 7) is 1.86. The van der Waals surface area contributed by atoms with Crippen molar-refractivity contribution >= 4 is 37.4 Å². The van der Waals surface area contributed by atoms with E-state index in [9.17, 15) is 18.1 Å². The topological polar surface area (TPSA) is 96.4 Å². The lowest BCUT2D eigenvalue weighted by Crippen LogP contribution is -2.39. The zero-order valence-electron chi connectivity index (χ0n) is 15.2. The number of halogens is 2. The number of anilines is 1. The Morgan fingerprint density at radius 2 is 2.03 bits per heavy atom. The molecule has 6 nitrogen and oxygen atoms in total. The van der Waals surface area contributed by atoms with Gasteiger partial charge in [0.1, 0.15) is 22.4 Å². The van der Waals surface area contributed by atoms with Crippen LogP contribution in [0.15, 0.2) is 63.3 Å². The lowest BCUT2D eigenvalue weighted by Gasteiger charge is -2.37. The Morgan fingerprint density at radius 1 is 1.31 bits per heavy atom. The third kappa shape index (κ3) is 2.82. The molecule has 2 aromatic rings. The summed E-state index contributed by atoms with van der Waals surface area (Å²) in [5.41, 5.74) is 6.81. The summed E-state index contributed by atoms with van der Waals surface area (Å²) in [6, 6.07) is 12.9. The van der Waals surface area contributed by atoms with Gasteiger partial charge in [-0.05, 0) is 37.3 Å². The van der Waals surface area contributed by atoms with Crippen molar-refractivity contribution in [3.63, 3.8) is 0 Å². The zero-order chi connectivity index (χ0) is 20.9. The molecular weight excluding hydrogens is 461 g/mol. The van der Waals surface area contributed by atoms with E-state index in [2.05, 4.69) is 15.9 Å². The number of nitrogens with zero attached hydrogens (tertiary/aromatic N) is 2. The Bertz CT molecular complexity index is 1250. The molecule has 2 heterocycles. The van der Waals surface area contributed by atoms with Crippen molar-refractivity contribution in [2.45, 2.75) is 12.8 Å². The van der Waals surface area contributed by atoms with Crippen molar-refractivity contribution in [2.75, 3.05) is 10.8 Å². The van der Waals surface area contributed by atoms with Gasteiger partial charge < -0.3 is 10.5 Å². The van der Waals surface area contributed by atoms with Gasteiger partial charge in [-0.1, -0.05) is 28.1 Å². The molecule has 0 saturated heterocycles. The number of benzene rings is 2. The van der Waals surface area contributed by atoms with E-state index in [0.717, 1.165) is 0 Å². The molecule has 0 spiro atoms. The summed E-state index contributed by atoms with van der Waals surface area (Å²) in [7, 11) is -4.12. The zero-order valence-corrected chi connectivity index (χ0v) is 17.6. The maximum absolute atomic E-state index is 14.8. The van der Waals surface area contributed by atoms with Crippen LogP contribution in [-0.2, 0) is 14.8 Å². The van der Waals surface area contributed by atoms with Crippen LogP contribution in [0.2, 0.25) is 0 Å². The molecule has 29 heavy (non-hydrogen) atoms. The molecule has 2 N–H and O–H groups in total. The van der Waals surface area contributed by atoms with Crippen LogP contribution in [0.4, 0.5) is 10.1 Å². The predicted molar refractivity (Wildman–Crippen MR) is 110 cm³/mol. The van der Waals surface area contributed by atoms with E-state index in [1.807, 2.05) is 6.07 Å². The molecule has 4 rings (SSSR count). The van der Waals surface area contributed by atoms with E-state index in [4.69, 9.17) is 10.5 Å². The summed E-state index contributed by atoms with van der Waals surface area (Å²) in [5.74, 6) is -2.10. The first-order valence-corrected chi connectivity index (χ1v) is 10.9. The molecule has 2 aliphatic heterocycles. The molecule has 0 saturated carbocycles. The predicted octanol–water partition coefficient (Wildman–Crippen LogP) is 3.93. The smallest absolute Gasteiger partial charge is 0.265 e. The molecule has 0 aliphatic carbocycles. The van der Waals surface area contributed by atoms with Crippen molar-refractivity contribution in [3.05, 3.63) is 80.2 Å². The summed E-state index contributed by atoms with van der Waals surface area (Å²) in [6.07, 6.45) is 0. The fraction of sp³-hybridized carbons (Fsp3) is 0.150. The van der Waals surface area contributed by atoms with Crippen LogP contribution in [-0.4, -0.2) is 15.0 Å². The molecule has 2 aromatic carbocycles. The van der Waals surface area contributed by atoms with Gasteiger partial charge >= 0.3 is 0 Å². The number of sulfonamides is 1. The average Bonchev–Trinajstić information content (AvgIpc) is 2.69. The summed E-state index contributed by atoms with van der Waals surface area (Å²) in [5, 5.41) is 9.70. The number of fused-ring (bicyclic) bond motifs is 2. The van der Waals surface area contributed by atoms with Gasteiger partial charge in [0.05, 0.1) is 11.6 Å². The molecule has 9 heteroatoms. The Labute approximate surface area is 175 Å². The average molecular weight is 476 g/mol. The molecule has 0 unspecified atom stereocenters. The number of nitrogens with two attached hydrogens (primary N) is 1. The van der Waals surface area contributed by atoms with Crippen LogP contribution < -0.4 is 10.0 Å². The second-order valence-electron chi connectivity index (χ2n) is 6.47. The SMILES string of the molecule is CCN1c2ccccc2C2=C([C@H](c3cc(Br)ccc3F)C(C#N)=C(N)O2)S1(=O)=O. The Kier molecular flexibility index (Phi) is 4.63. The lowest BCUT2D eigenvalue weighted by atomic mass is 9.88. The van der Waals surface area contributed by atoms with Gasteiger partial charge in [-0.2, -0.15) is 5.26 Å². The van der Waals surface area contributed by atoms with Gasteiger partial charge in [0.2, 0.25) is 5.88 Å². The second kappa shape index (κ2) is 6.90. The van der Waals surface area contributed by atoms with Crippen LogP contribution in [0.5, 0.6) is 0 Å². The van der Waals surface area contributed by atoms with Gasteiger partial charge in [-0.25, -0.2) is 12.8 Å². The van der Waals surface area contributed by atoms with E-state index in [1.54, 1.807) is 31.2 Å². The van der Waals surface area contributed by atoms with Crippen molar-refractivity contribution in [1.82, 2.24) is 0 Å². The number of hydrogen-bond acceptors (Lipinski definition) is 5. The van der Waals surface area contributed by atoms with Gasteiger partial charge in [-0.3, -0.25) is 4.31 Å². The highest BCUT2D eigenvalue weighted by atomic mass is 79.9. The summed E-state index contributed by atoms with van der Waals surface area (Å²) >= 11 is 3.28. The van der Waals surface area contributed by atoms with E-state index in [-0.39, 0.29) is 34.2 Å². The first-order valence-electron chi connectivity index (χ1n) is 8.70. The number of rotatable bonds is 2.